The summed E-state index contributed by atoms with van der Waals surface area (Å²) in [6, 6.07) is 0. The maximum atomic E-state index is 11.3. The summed E-state index contributed by atoms with van der Waals surface area (Å²) >= 11 is 0. The van der Waals surface area contributed by atoms with Crippen molar-refractivity contribution in [2.24, 2.45) is 0 Å². The van der Waals surface area contributed by atoms with Crippen LogP contribution in [0, 0.1) is 0 Å². The molecule has 16 heavy (non-hydrogen) atoms. The first kappa shape index (κ1) is 17.7. The molecule has 0 bridgehead atoms. The van der Waals surface area contributed by atoms with E-state index in [1.807, 2.05) is 6.08 Å². The Labute approximate surface area is 109 Å². The van der Waals surface area contributed by atoms with Crippen LogP contribution in [0.5, 0.6) is 0 Å². The molecule has 86 valence electrons. The van der Waals surface area contributed by atoms with Crippen molar-refractivity contribution in [1.82, 2.24) is 4.90 Å². The third kappa shape index (κ3) is 9.82. The fourth-order valence-corrected chi connectivity index (χ4v) is 1.06. The first-order chi connectivity index (χ1) is 7.07. The van der Waals surface area contributed by atoms with Crippen molar-refractivity contribution in [3.63, 3.8) is 0 Å². The number of carboxylic acids is 1. The molecular formula is C11H18LiNO3. The number of rotatable bonds is 7. The summed E-state index contributed by atoms with van der Waals surface area (Å²) < 4.78 is 0. The number of unbranched alkanes of at least 4 members (excludes halogenated alkanes) is 2. The third-order valence-electron chi connectivity index (χ3n) is 1.98. The van der Waals surface area contributed by atoms with Crippen LogP contribution in [0.1, 0.15) is 32.6 Å². The van der Waals surface area contributed by atoms with E-state index in [1.54, 1.807) is 6.08 Å². The molecule has 0 spiro atoms. The van der Waals surface area contributed by atoms with Crippen molar-refractivity contribution in [2.75, 3.05) is 13.6 Å². The average molecular weight is 219 g/mol. The van der Waals surface area contributed by atoms with Crippen molar-refractivity contribution in [3.05, 3.63) is 12.2 Å². The summed E-state index contributed by atoms with van der Waals surface area (Å²) in [7, 11) is 1.46. The standard InChI is InChI=1S/C11H19NO3.Li/c1-3-4-5-6-7-8-10(13)12(2)9-11(14)15;/h6-7H,3-5,8-9H2,1-2H3,(H,14,15);/q;+1/p-1/b7-6+;. The van der Waals surface area contributed by atoms with Gasteiger partial charge in [-0.05, 0) is 6.42 Å². The maximum Gasteiger partial charge on any atom is 1.00 e. The normalized spacial score (nSPS) is 9.88. The summed E-state index contributed by atoms with van der Waals surface area (Å²) in [4.78, 5) is 22.7. The van der Waals surface area contributed by atoms with E-state index in [9.17, 15) is 14.7 Å². The monoisotopic (exact) mass is 219 g/mol. The summed E-state index contributed by atoms with van der Waals surface area (Å²) in [5.74, 6) is -1.44. The van der Waals surface area contributed by atoms with Crippen LogP contribution >= 0.6 is 0 Å². The first-order valence-corrected chi connectivity index (χ1v) is 5.16. The Kier molecular flexibility index (Phi) is 11.9. The van der Waals surface area contributed by atoms with Gasteiger partial charge in [-0.1, -0.05) is 31.9 Å². The van der Waals surface area contributed by atoms with Crippen LogP contribution in [0.2, 0.25) is 0 Å². The molecule has 0 rings (SSSR count). The predicted molar refractivity (Wildman–Crippen MR) is 55.9 cm³/mol. The number of carboxylic acid groups (broad SMARTS) is 1. The number of hydrogen-bond donors (Lipinski definition) is 0. The van der Waals surface area contributed by atoms with E-state index in [0.29, 0.717) is 0 Å². The molecule has 0 aliphatic heterocycles. The molecule has 0 aromatic carbocycles. The maximum absolute atomic E-state index is 11.3. The third-order valence-corrected chi connectivity index (χ3v) is 1.98. The number of hydrogen-bond acceptors (Lipinski definition) is 3. The van der Waals surface area contributed by atoms with E-state index in [4.69, 9.17) is 0 Å². The second kappa shape index (κ2) is 10.8. The second-order valence-electron chi connectivity index (χ2n) is 3.44. The fourth-order valence-electron chi connectivity index (χ4n) is 1.06. The zero-order valence-electron chi connectivity index (χ0n) is 10.4. The van der Waals surface area contributed by atoms with Gasteiger partial charge in [0.1, 0.15) is 0 Å². The van der Waals surface area contributed by atoms with E-state index in [-0.39, 0.29) is 37.7 Å². The molecule has 4 nitrogen and oxygen atoms in total. The van der Waals surface area contributed by atoms with Crippen LogP contribution in [-0.4, -0.2) is 30.4 Å². The molecule has 0 aliphatic rings. The molecule has 0 N–H and O–H groups in total. The average Bonchev–Trinajstić information content (AvgIpc) is 2.16. The van der Waals surface area contributed by atoms with Gasteiger partial charge in [-0.3, -0.25) is 4.79 Å². The minimum Gasteiger partial charge on any atom is -0.548 e. The number of likely N-dealkylation sites (N-methyl/N-ethyl adjacent to an activating group) is 1. The number of carbonyl (C=O) groups excluding carboxylic acids is 2. The molecule has 0 fully saturated rings. The van der Waals surface area contributed by atoms with Gasteiger partial charge in [0.2, 0.25) is 5.91 Å². The quantitative estimate of drug-likeness (QED) is 0.267. The van der Waals surface area contributed by atoms with E-state index in [2.05, 4.69) is 6.92 Å². The van der Waals surface area contributed by atoms with Gasteiger partial charge in [0.25, 0.3) is 0 Å². The van der Waals surface area contributed by atoms with Crippen molar-refractivity contribution in [2.45, 2.75) is 32.6 Å². The van der Waals surface area contributed by atoms with Crippen molar-refractivity contribution < 1.29 is 33.6 Å². The van der Waals surface area contributed by atoms with Crippen LogP contribution < -0.4 is 24.0 Å². The van der Waals surface area contributed by atoms with E-state index < -0.39 is 5.97 Å². The van der Waals surface area contributed by atoms with Gasteiger partial charge in [0, 0.05) is 13.5 Å². The van der Waals surface area contributed by atoms with Crippen LogP contribution in [0.15, 0.2) is 12.2 Å². The van der Waals surface area contributed by atoms with Crippen LogP contribution in [0.25, 0.3) is 0 Å². The number of aliphatic carboxylic acids is 1. The number of amides is 1. The van der Waals surface area contributed by atoms with E-state index in [0.717, 1.165) is 24.2 Å². The fraction of sp³-hybridized carbons (Fsp3) is 0.636. The van der Waals surface area contributed by atoms with E-state index in [1.165, 1.54) is 7.05 Å². The molecular weight excluding hydrogens is 201 g/mol. The van der Waals surface area contributed by atoms with Gasteiger partial charge < -0.3 is 14.8 Å². The molecule has 0 aromatic heterocycles. The molecule has 0 saturated carbocycles. The van der Waals surface area contributed by atoms with Crippen LogP contribution in [-0.2, 0) is 9.59 Å². The van der Waals surface area contributed by atoms with E-state index >= 15 is 0 Å². The Morgan fingerprint density at radius 3 is 2.44 bits per heavy atom. The Balaban J connectivity index is 0. The molecule has 0 atom stereocenters. The molecule has 0 unspecified atom stereocenters. The molecule has 0 radical (unpaired) electrons. The largest absolute Gasteiger partial charge is 1.00 e. The molecule has 5 heteroatoms. The SMILES string of the molecule is CCCC/C=C/CC(=O)N(C)CC(=O)[O-].[Li+]. The minimum absolute atomic E-state index is 0. The van der Waals surface area contributed by atoms with Crippen molar-refractivity contribution in [3.8, 4) is 0 Å². The topological polar surface area (TPSA) is 60.4 Å². The molecule has 0 saturated heterocycles. The Hall–Kier alpha value is -0.723. The van der Waals surface area contributed by atoms with Gasteiger partial charge in [-0.2, -0.15) is 0 Å². The smallest absolute Gasteiger partial charge is 0.548 e. The molecule has 0 heterocycles. The van der Waals surface area contributed by atoms with Crippen LogP contribution in [0.4, 0.5) is 0 Å². The Bertz CT molecular complexity index is 241. The van der Waals surface area contributed by atoms with Gasteiger partial charge in [0.15, 0.2) is 0 Å². The molecule has 0 aromatic rings. The number of allylic oxidation sites excluding steroid dienone is 1. The zero-order valence-corrected chi connectivity index (χ0v) is 10.4. The van der Waals surface area contributed by atoms with Crippen molar-refractivity contribution in [1.29, 1.82) is 0 Å². The Morgan fingerprint density at radius 2 is 1.94 bits per heavy atom. The number of nitrogens with zero attached hydrogens (tertiary/aromatic N) is 1. The van der Waals surface area contributed by atoms with Gasteiger partial charge >= 0.3 is 18.9 Å². The van der Waals surface area contributed by atoms with Crippen molar-refractivity contribution >= 4 is 11.9 Å². The summed E-state index contributed by atoms with van der Waals surface area (Å²) in [5, 5.41) is 10.2. The molecule has 0 aliphatic carbocycles. The first-order valence-electron chi connectivity index (χ1n) is 5.16. The molecule has 1 amide bonds. The summed E-state index contributed by atoms with van der Waals surface area (Å²) in [5.41, 5.74) is 0. The minimum atomic E-state index is -1.24. The van der Waals surface area contributed by atoms with Gasteiger partial charge in [0.05, 0.1) is 12.5 Å². The summed E-state index contributed by atoms with van der Waals surface area (Å²) in [6.45, 7) is 1.76. The summed E-state index contributed by atoms with van der Waals surface area (Å²) in [6.07, 6.45) is 7.20. The van der Waals surface area contributed by atoms with Gasteiger partial charge in [-0.25, -0.2) is 0 Å². The number of carbonyl (C=O) groups is 2. The predicted octanol–water partition coefficient (Wildman–Crippen LogP) is -2.66. The van der Waals surface area contributed by atoms with Gasteiger partial charge in [-0.15, -0.1) is 0 Å². The van der Waals surface area contributed by atoms with Crippen LogP contribution in [0.3, 0.4) is 0 Å². The Morgan fingerprint density at radius 1 is 1.31 bits per heavy atom. The zero-order chi connectivity index (χ0) is 11.7. The second-order valence-corrected chi connectivity index (χ2v) is 3.44.